The van der Waals surface area contributed by atoms with E-state index in [0.717, 1.165) is 6.42 Å². The Morgan fingerprint density at radius 1 is 1.67 bits per heavy atom. The fourth-order valence-electron chi connectivity index (χ4n) is 0.353. The van der Waals surface area contributed by atoms with Crippen molar-refractivity contribution in [3.63, 3.8) is 0 Å². The van der Waals surface area contributed by atoms with Crippen molar-refractivity contribution in [3.05, 3.63) is 29.8 Å². The van der Waals surface area contributed by atoms with Crippen LogP contribution in [-0.4, -0.2) is 0 Å². The molecule has 0 heterocycles. The van der Waals surface area contributed by atoms with Crippen molar-refractivity contribution >= 4 is 0 Å². The van der Waals surface area contributed by atoms with E-state index in [4.69, 9.17) is 0 Å². The van der Waals surface area contributed by atoms with E-state index in [0.29, 0.717) is 5.92 Å². The summed E-state index contributed by atoms with van der Waals surface area (Å²) >= 11 is 0. The Labute approximate surface area is 56.9 Å². The highest BCUT2D eigenvalue weighted by atomic mass is 13.9. The number of rotatable bonds is 2. The molecule has 48 valence electrons. The van der Waals surface area contributed by atoms with Gasteiger partial charge in [0, 0.05) is 0 Å². The first kappa shape index (κ1) is 8.08. The van der Waals surface area contributed by atoms with Crippen LogP contribution in [0.25, 0.3) is 0 Å². The van der Waals surface area contributed by atoms with Gasteiger partial charge in [-0.25, -0.2) is 0 Å². The van der Waals surface area contributed by atoms with Crippen LogP contribution in [0.15, 0.2) is 29.8 Å². The standard InChI is InChI=1S/C9H12/c1-4-6-7-8-9(3)5-2/h8-9H,1,5H2,2-3H3. The Balaban J connectivity index is 3.99. The average Bonchev–Trinajstić information content (AvgIpc) is 1.89. The van der Waals surface area contributed by atoms with Crippen LogP contribution < -0.4 is 0 Å². The molecule has 9 heavy (non-hydrogen) atoms. The van der Waals surface area contributed by atoms with Crippen molar-refractivity contribution in [1.29, 1.82) is 0 Å². The van der Waals surface area contributed by atoms with E-state index >= 15 is 0 Å². The highest BCUT2D eigenvalue weighted by molar-refractivity contribution is 4.86. The highest BCUT2D eigenvalue weighted by Crippen LogP contribution is 1.99. The predicted molar refractivity (Wildman–Crippen MR) is 40.2 cm³/mol. The summed E-state index contributed by atoms with van der Waals surface area (Å²) in [5.41, 5.74) is 7.99. The predicted octanol–water partition coefficient (Wildman–Crippen LogP) is 2.68. The summed E-state index contributed by atoms with van der Waals surface area (Å²) in [5, 5.41) is 0. The van der Waals surface area contributed by atoms with Crippen LogP contribution in [0.1, 0.15) is 20.3 Å². The van der Waals surface area contributed by atoms with Gasteiger partial charge in [-0.3, -0.25) is 0 Å². The van der Waals surface area contributed by atoms with Gasteiger partial charge in [-0.2, -0.15) is 0 Å². The molecular weight excluding hydrogens is 108 g/mol. The van der Waals surface area contributed by atoms with Gasteiger partial charge in [0.25, 0.3) is 0 Å². The summed E-state index contributed by atoms with van der Waals surface area (Å²) < 4.78 is 0. The van der Waals surface area contributed by atoms with Crippen molar-refractivity contribution in [2.24, 2.45) is 5.92 Å². The molecule has 0 aromatic carbocycles. The molecule has 0 spiro atoms. The van der Waals surface area contributed by atoms with Gasteiger partial charge in [0.05, 0.1) is 0 Å². The van der Waals surface area contributed by atoms with Crippen LogP contribution in [0.3, 0.4) is 0 Å². The smallest absolute Gasteiger partial charge is 0.0182 e. The average molecular weight is 120 g/mol. The van der Waals surface area contributed by atoms with Crippen LogP contribution >= 0.6 is 0 Å². The third kappa shape index (κ3) is 4.94. The summed E-state index contributed by atoms with van der Waals surface area (Å²) in [4.78, 5) is 0. The summed E-state index contributed by atoms with van der Waals surface area (Å²) in [5.74, 6) is 0.589. The molecule has 0 radical (unpaired) electrons. The van der Waals surface area contributed by atoms with E-state index in [-0.39, 0.29) is 0 Å². The Hall–Kier alpha value is -0.920. The van der Waals surface area contributed by atoms with Crippen LogP contribution in [0.4, 0.5) is 0 Å². The third-order valence-corrected chi connectivity index (χ3v) is 1.17. The quantitative estimate of drug-likeness (QED) is 0.491. The van der Waals surface area contributed by atoms with E-state index in [1.54, 1.807) is 0 Å². The Bertz CT molecular complexity index is 170. The minimum absolute atomic E-state index is 0.589. The second-order valence-electron chi connectivity index (χ2n) is 2.00. The Kier molecular flexibility index (Phi) is 4.69. The van der Waals surface area contributed by atoms with Crippen LogP contribution in [0.2, 0.25) is 0 Å². The molecule has 0 bridgehead atoms. The van der Waals surface area contributed by atoms with Crippen LogP contribution in [0.5, 0.6) is 0 Å². The minimum atomic E-state index is 0.589. The van der Waals surface area contributed by atoms with Gasteiger partial charge in [0.15, 0.2) is 0 Å². The first-order chi connectivity index (χ1) is 4.31. The summed E-state index contributed by atoms with van der Waals surface area (Å²) in [6, 6.07) is 0. The van der Waals surface area contributed by atoms with Gasteiger partial charge in [-0.1, -0.05) is 25.3 Å². The molecule has 0 aromatic rings. The van der Waals surface area contributed by atoms with Gasteiger partial charge in [-0.05, 0) is 30.7 Å². The molecule has 1 atom stereocenters. The zero-order valence-electron chi connectivity index (χ0n) is 6.07. The van der Waals surface area contributed by atoms with E-state index in [9.17, 15) is 0 Å². The zero-order chi connectivity index (χ0) is 7.11. The van der Waals surface area contributed by atoms with E-state index in [1.807, 2.05) is 6.08 Å². The first-order valence-corrected chi connectivity index (χ1v) is 3.17. The second-order valence-corrected chi connectivity index (χ2v) is 2.00. The molecule has 0 aromatic heterocycles. The fraction of sp³-hybridized carbons (Fsp3) is 0.444. The van der Waals surface area contributed by atoms with Gasteiger partial charge in [0.1, 0.15) is 0 Å². The van der Waals surface area contributed by atoms with Crippen LogP contribution in [0, 0.1) is 5.92 Å². The lowest BCUT2D eigenvalue weighted by molar-refractivity contribution is 0.699. The number of hydrogen-bond donors (Lipinski definition) is 0. The summed E-state index contributed by atoms with van der Waals surface area (Å²) in [6.07, 6.45) is 3.12. The van der Waals surface area contributed by atoms with Gasteiger partial charge < -0.3 is 0 Å². The largest absolute Gasteiger partial charge is 0.0693 e. The molecule has 0 nitrogen and oxygen atoms in total. The van der Waals surface area contributed by atoms with E-state index in [2.05, 4.69) is 37.6 Å². The monoisotopic (exact) mass is 120 g/mol. The van der Waals surface area contributed by atoms with Crippen molar-refractivity contribution < 1.29 is 0 Å². The normalized spacial score (nSPS) is 10.4. The molecule has 1 unspecified atom stereocenters. The molecule has 0 saturated carbocycles. The summed E-state index contributed by atoms with van der Waals surface area (Å²) in [6.45, 7) is 7.64. The van der Waals surface area contributed by atoms with Crippen molar-refractivity contribution in [2.45, 2.75) is 20.3 Å². The second kappa shape index (κ2) is 5.22. The SMILES string of the molecule is C=C=C=C=CC(C)CC. The van der Waals surface area contributed by atoms with Crippen LogP contribution in [-0.2, 0) is 0 Å². The maximum Gasteiger partial charge on any atom is -0.0182 e. The summed E-state index contributed by atoms with van der Waals surface area (Å²) in [7, 11) is 0. The molecule has 0 amide bonds. The van der Waals surface area contributed by atoms with Crippen molar-refractivity contribution in [3.8, 4) is 0 Å². The highest BCUT2D eigenvalue weighted by Gasteiger charge is 1.86. The molecule has 0 aliphatic heterocycles. The molecule has 0 aliphatic rings. The molecular formula is C9H12. The maximum atomic E-state index is 3.36. The van der Waals surface area contributed by atoms with E-state index < -0.39 is 0 Å². The van der Waals surface area contributed by atoms with Crippen molar-refractivity contribution in [1.82, 2.24) is 0 Å². The minimum Gasteiger partial charge on any atom is -0.0693 e. The fourth-order valence-corrected chi connectivity index (χ4v) is 0.353. The Morgan fingerprint density at radius 2 is 2.33 bits per heavy atom. The first-order valence-electron chi connectivity index (χ1n) is 3.17. The molecule has 0 aliphatic carbocycles. The number of hydrogen-bond acceptors (Lipinski definition) is 0. The molecule has 0 N–H and O–H groups in total. The number of allylic oxidation sites excluding steroid dienone is 1. The lowest BCUT2D eigenvalue weighted by atomic mass is 10.1. The zero-order valence-corrected chi connectivity index (χ0v) is 6.07. The van der Waals surface area contributed by atoms with Crippen molar-refractivity contribution in [2.75, 3.05) is 0 Å². The third-order valence-electron chi connectivity index (χ3n) is 1.17. The molecule has 0 saturated heterocycles. The van der Waals surface area contributed by atoms with Gasteiger partial charge in [-0.15, -0.1) is 0 Å². The molecule has 0 fully saturated rings. The lowest BCUT2D eigenvalue weighted by Crippen LogP contribution is -1.81. The van der Waals surface area contributed by atoms with Gasteiger partial charge in [0.2, 0.25) is 0 Å². The molecule has 0 heteroatoms. The lowest BCUT2D eigenvalue weighted by Gasteiger charge is -1.93. The Morgan fingerprint density at radius 3 is 2.78 bits per heavy atom. The maximum absolute atomic E-state index is 3.36. The topological polar surface area (TPSA) is 0 Å². The van der Waals surface area contributed by atoms with Gasteiger partial charge >= 0.3 is 0 Å². The van der Waals surface area contributed by atoms with E-state index in [1.165, 1.54) is 0 Å². The molecule has 0 rings (SSSR count).